The summed E-state index contributed by atoms with van der Waals surface area (Å²) in [6.45, 7) is 12.8. The van der Waals surface area contributed by atoms with E-state index >= 15 is 0 Å². The Hall–Kier alpha value is -1.77. The lowest BCUT2D eigenvalue weighted by atomic mass is 9.71. The molecule has 0 aromatic rings. The average molecular weight is 557 g/mol. The quantitative estimate of drug-likeness (QED) is 0.340. The van der Waals surface area contributed by atoms with Crippen molar-refractivity contribution in [2.75, 3.05) is 6.61 Å². The Balaban J connectivity index is 1.51. The number of carbonyl (C=O) groups excluding carboxylic acids is 1. The third-order valence-corrected chi connectivity index (χ3v) is 9.67. The molecule has 0 aromatic carbocycles. The molecule has 3 fully saturated rings. The van der Waals surface area contributed by atoms with Crippen LogP contribution in [-0.2, 0) is 23.7 Å². The third-order valence-electron chi connectivity index (χ3n) is 9.67. The number of hydrogen-bond acceptors (Lipinski definition) is 7. The Morgan fingerprint density at radius 2 is 1.90 bits per heavy atom. The average Bonchev–Trinajstić information content (AvgIpc) is 3.23. The first-order valence-corrected chi connectivity index (χ1v) is 15.2. The van der Waals surface area contributed by atoms with Crippen molar-refractivity contribution in [1.29, 1.82) is 0 Å². The molecule has 1 aliphatic carbocycles. The van der Waals surface area contributed by atoms with Gasteiger partial charge in [0.2, 0.25) is 0 Å². The van der Waals surface area contributed by atoms with E-state index in [0.717, 1.165) is 25.7 Å². The number of ether oxygens (including phenoxy) is 4. The van der Waals surface area contributed by atoms with Crippen LogP contribution >= 0.6 is 0 Å². The standard InChI is InChI=1S/C33H48O7/c1-19(2)29-22(5)12-13-32(40-29)17-26-16-25(39-32)11-10-21(4)14-20(3)8-7-9-24-18-37-30-28(34)23(6)15-27(31(35)38-26)33(24,30)36/h7-10,15,19-20,22,25-30,34,36H,11-14,16-18H2,1-6H3/b8-7-,21-10-,24-9-/t20-,22-,25+,26-,27-,28+,29+,30+,32+,33+/m0/s1. The smallest absolute Gasteiger partial charge is 0.316 e. The molecule has 222 valence electrons. The monoisotopic (exact) mass is 556 g/mol. The van der Waals surface area contributed by atoms with Gasteiger partial charge < -0.3 is 29.2 Å². The zero-order valence-corrected chi connectivity index (χ0v) is 25.0. The van der Waals surface area contributed by atoms with Crippen LogP contribution in [0.15, 0.2) is 47.1 Å². The SMILES string of the molecule is CC1=C[C@H]2C(=O)O[C@H]3C[C@@H](C/C=C(/C)C[C@@H](C)/C=C\C=C4\CO[C@H]([C@@H]1O)[C@@]42O)O[C@@]1(CC[C@H](C)[C@@H](C(C)C)O1)C3. The van der Waals surface area contributed by atoms with Crippen LogP contribution in [-0.4, -0.2) is 64.7 Å². The number of fused-ring (bicyclic) bond motifs is 2. The number of aliphatic hydroxyl groups is 2. The van der Waals surface area contributed by atoms with E-state index in [4.69, 9.17) is 18.9 Å². The fraction of sp³-hybridized carbons (Fsp3) is 0.727. The maximum atomic E-state index is 13.9. The summed E-state index contributed by atoms with van der Waals surface area (Å²) >= 11 is 0. The molecule has 0 saturated carbocycles. The van der Waals surface area contributed by atoms with E-state index < -0.39 is 41.6 Å². The Morgan fingerprint density at radius 1 is 1.12 bits per heavy atom. The lowest BCUT2D eigenvalue weighted by Crippen LogP contribution is -2.58. The minimum Gasteiger partial charge on any atom is -0.462 e. The van der Waals surface area contributed by atoms with E-state index in [9.17, 15) is 15.0 Å². The first-order valence-electron chi connectivity index (χ1n) is 15.2. The summed E-state index contributed by atoms with van der Waals surface area (Å²) in [5.41, 5.74) is 0.780. The summed E-state index contributed by atoms with van der Waals surface area (Å²) in [7, 11) is 0. The largest absolute Gasteiger partial charge is 0.462 e. The van der Waals surface area contributed by atoms with Gasteiger partial charge in [-0.15, -0.1) is 0 Å². The van der Waals surface area contributed by atoms with E-state index in [1.54, 1.807) is 13.0 Å². The number of hydrogen-bond donors (Lipinski definition) is 2. The molecule has 2 N–H and O–H groups in total. The van der Waals surface area contributed by atoms with E-state index in [0.29, 0.717) is 35.8 Å². The molecule has 40 heavy (non-hydrogen) atoms. The van der Waals surface area contributed by atoms with Crippen molar-refractivity contribution in [3.05, 3.63) is 47.1 Å². The molecule has 0 unspecified atom stereocenters. The molecule has 5 aliphatic rings. The summed E-state index contributed by atoms with van der Waals surface area (Å²) in [5, 5.41) is 22.9. The molecule has 4 aliphatic heterocycles. The summed E-state index contributed by atoms with van der Waals surface area (Å²) in [6, 6.07) is 0. The first kappa shape index (κ1) is 29.7. The maximum absolute atomic E-state index is 13.9. The summed E-state index contributed by atoms with van der Waals surface area (Å²) in [5.74, 6) is -1.22. The Kier molecular flexibility index (Phi) is 8.53. The topological polar surface area (TPSA) is 94.5 Å². The Morgan fingerprint density at radius 3 is 2.65 bits per heavy atom. The van der Waals surface area contributed by atoms with Gasteiger partial charge in [-0.3, -0.25) is 4.79 Å². The molecule has 0 amide bonds. The van der Waals surface area contributed by atoms with Crippen molar-refractivity contribution >= 4 is 5.97 Å². The minimum atomic E-state index is -1.68. The summed E-state index contributed by atoms with van der Waals surface area (Å²) in [4.78, 5) is 13.9. The fourth-order valence-electron chi connectivity index (χ4n) is 7.48. The van der Waals surface area contributed by atoms with Gasteiger partial charge in [-0.05, 0) is 62.0 Å². The molecule has 7 heteroatoms. The second-order valence-corrected chi connectivity index (χ2v) is 13.4. The summed E-state index contributed by atoms with van der Waals surface area (Å²) in [6.07, 6.45) is 11.8. The van der Waals surface area contributed by atoms with Crippen molar-refractivity contribution in [1.82, 2.24) is 0 Å². The van der Waals surface area contributed by atoms with Gasteiger partial charge in [0, 0.05) is 19.3 Å². The molecular weight excluding hydrogens is 508 g/mol. The van der Waals surface area contributed by atoms with Gasteiger partial charge in [0.05, 0.1) is 18.8 Å². The normalized spacial score (nSPS) is 47.9. The van der Waals surface area contributed by atoms with Gasteiger partial charge in [-0.1, -0.05) is 63.6 Å². The van der Waals surface area contributed by atoms with E-state index in [-0.39, 0.29) is 24.7 Å². The predicted molar refractivity (Wildman–Crippen MR) is 152 cm³/mol. The fourth-order valence-corrected chi connectivity index (χ4v) is 7.48. The van der Waals surface area contributed by atoms with Crippen LogP contribution in [0.2, 0.25) is 0 Å². The molecule has 1 spiro atoms. The van der Waals surface area contributed by atoms with E-state index in [2.05, 4.69) is 46.8 Å². The molecule has 0 radical (unpaired) electrons. The van der Waals surface area contributed by atoms with Gasteiger partial charge in [-0.25, -0.2) is 0 Å². The van der Waals surface area contributed by atoms with Crippen LogP contribution in [0.3, 0.4) is 0 Å². The zero-order valence-electron chi connectivity index (χ0n) is 25.0. The van der Waals surface area contributed by atoms with Gasteiger partial charge in [0.1, 0.15) is 29.8 Å². The first-order chi connectivity index (χ1) is 18.9. The number of aliphatic hydroxyl groups excluding tert-OH is 1. The zero-order chi connectivity index (χ0) is 28.8. The van der Waals surface area contributed by atoms with Gasteiger partial charge in [-0.2, -0.15) is 0 Å². The van der Waals surface area contributed by atoms with Crippen molar-refractivity contribution in [2.24, 2.45) is 23.7 Å². The van der Waals surface area contributed by atoms with Gasteiger partial charge >= 0.3 is 5.97 Å². The predicted octanol–water partition coefficient (Wildman–Crippen LogP) is 5.17. The minimum absolute atomic E-state index is 0.0712. The molecule has 0 aromatic heterocycles. The highest BCUT2D eigenvalue weighted by molar-refractivity contribution is 5.78. The van der Waals surface area contributed by atoms with Gasteiger partial charge in [0.15, 0.2) is 5.79 Å². The second kappa shape index (κ2) is 11.5. The van der Waals surface area contributed by atoms with Crippen LogP contribution in [0.4, 0.5) is 0 Å². The van der Waals surface area contributed by atoms with Crippen LogP contribution in [0, 0.1) is 23.7 Å². The molecule has 3 saturated heterocycles. The third kappa shape index (κ3) is 5.65. The highest BCUT2D eigenvalue weighted by Crippen LogP contribution is 2.47. The Bertz CT molecular complexity index is 1090. The van der Waals surface area contributed by atoms with Crippen molar-refractivity contribution in [3.63, 3.8) is 0 Å². The molecule has 5 rings (SSSR count). The van der Waals surface area contributed by atoms with Crippen LogP contribution in [0.5, 0.6) is 0 Å². The second-order valence-electron chi connectivity index (χ2n) is 13.4. The lowest BCUT2D eigenvalue weighted by Gasteiger charge is -2.50. The van der Waals surface area contributed by atoms with Crippen LogP contribution < -0.4 is 0 Å². The number of allylic oxidation sites excluding steroid dienone is 4. The number of rotatable bonds is 1. The molecule has 4 heterocycles. The van der Waals surface area contributed by atoms with Gasteiger partial charge in [0.25, 0.3) is 0 Å². The molecular formula is C33H48O7. The Labute approximate surface area is 239 Å². The van der Waals surface area contributed by atoms with Crippen LogP contribution in [0.25, 0.3) is 0 Å². The van der Waals surface area contributed by atoms with E-state index in [1.165, 1.54) is 5.57 Å². The maximum Gasteiger partial charge on any atom is 0.316 e. The highest BCUT2D eigenvalue weighted by Gasteiger charge is 2.60. The number of carbonyl (C=O) groups is 1. The molecule has 2 bridgehead atoms. The van der Waals surface area contributed by atoms with Crippen molar-refractivity contribution in [3.8, 4) is 0 Å². The highest BCUT2D eigenvalue weighted by atomic mass is 16.7. The number of esters is 1. The van der Waals surface area contributed by atoms with Crippen LogP contribution in [0.1, 0.15) is 80.1 Å². The lowest BCUT2D eigenvalue weighted by molar-refractivity contribution is -0.340. The molecule has 7 nitrogen and oxygen atoms in total. The summed E-state index contributed by atoms with van der Waals surface area (Å²) < 4.78 is 25.6. The van der Waals surface area contributed by atoms with Crippen molar-refractivity contribution in [2.45, 2.75) is 122 Å². The van der Waals surface area contributed by atoms with Crippen molar-refractivity contribution < 1.29 is 34.0 Å². The molecule has 10 atom stereocenters. The van der Waals surface area contributed by atoms with E-state index in [1.807, 2.05) is 12.2 Å².